The minimum atomic E-state index is -0.355. The predicted molar refractivity (Wildman–Crippen MR) is 90.1 cm³/mol. The lowest BCUT2D eigenvalue weighted by Crippen LogP contribution is -2.18. The fraction of sp³-hybridized carbons (Fsp3) is 0.176. The van der Waals surface area contributed by atoms with Crippen molar-refractivity contribution in [3.05, 3.63) is 58.6 Å². The van der Waals surface area contributed by atoms with Crippen LogP contribution in [0, 0.1) is 0 Å². The molecule has 0 radical (unpaired) electrons. The molecule has 0 bridgehead atoms. The fourth-order valence-corrected chi connectivity index (χ4v) is 3.08. The number of hydroxylamine groups is 1. The Hall–Kier alpha value is -2.64. The van der Waals surface area contributed by atoms with Crippen LogP contribution in [0.4, 0.5) is 0 Å². The summed E-state index contributed by atoms with van der Waals surface area (Å²) in [5, 5.41) is 10.7. The zero-order chi connectivity index (χ0) is 16.9. The number of aromatic nitrogens is 1. The Kier molecular flexibility index (Phi) is 4.93. The SMILES string of the molecule is COC(=O)c1cc(-c2cc(OC3C=CC(NO)=CC3)ccn2)cs1. The van der Waals surface area contributed by atoms with Gasteiger partial charge in [-0.25, -0.2) is 4.79 Å². The standard InChI is InChI=1S/C17H16N2O4S/c1-22-17(20)16-8-11(10-24-16)15-9-14(6-7-18-15)23-13-4-2-12(19-21)3-5-13/h2-4,6-10,13,19,21H,5H2,1H3. The maximum atomic E-state index is 11.5. The number of hydrogen-bond donors (Lipinski definition) is 2. The van der Waals surface area contributed by atoms with Crippen molar-refractivity contribution in [2.45, 2.75) is 12.5 Å². The van der Waals surface area contributed by atoms with E-state index in [1.165, 1.54) is 18.4 Å². The number of nitrogens with one attached hydrogen (secondary N) is 1. The third-order valence-corrected chi connectivity index (χ3v) is 4.40. The molecule has 3 rings (SSSR count). The van der Waals surface area contributed by atoms with Crippen LogP contribution < -0.4 is 10.2 Å². The molecule has 0 aromatic carbocycles. The van der Waals surface area contributed by atoms with Gasteiger partial charge in [0.25, 0.3) is 0 Å². The summed E-state index contributed by atoms with van der Waals surface area (Å²) in [5.74, 6) is 0.334. The highest BCUT2D eigenvalue weighted by Crippen LogP contribution is 2.27. The van der Waals surface area contributed by atoms with Gasteiger partial charge in [0, 0.05) is 29.6 Å². The highest BCUT2D eigenvalue weighted by Gasteiger charge is 2.13. The van der Waals surface area contributed by atoms with Gasteiger partial charge < -0.3 is 9.47 Å². The normalized spacial score (nSPS) is 16.4. The van der Waals surface area contributed by atoms with E-state index in [-0.39, 0.29) is 12.1 Å². The van der Waals surface area contributed by atoms with Crippen molar-refractivity contribution in [3.63, 3.8) is 0 Å². The van der Waals surface area contributed by atoms with Crippen LogP contribution in [-0.4, -0.2) is 29.4 Å². The Balaban J connectivity index is 1.73. The number of thiophene rings is 1. The van der Waals surface area contributed by atoms with Gasteiger partial charge in [0.1, 0.15) is 16.7 Å². The van der Waals surface area contributed by atoms with E-state index in [2.05, 4.69) is 10.5 Å². The molecule has 0 amide bonds. The summed E-state index contributed by atoms with van der Waals surface area (Å²) >= 11 is 1.32. The number of ether oxygens (including phenoxy) is 2. The Morgan fingerprint density at radius 3 is 3.04 bits per heavy atom. The largest absolute Gasteiger partial charge is 0.486 e. The van der Waals surface area contributed by atoms with Crippen molar-refractivity contribution < 1.29 is 19.5 Å². The highest BCUT2D eigenvalue weighted by molar-refractivity contribution is 7.12. The van der Waals surface area contributed by atoms with E-state index in [0.717, 1.165) is 11.3 Å². The van der Waals surface area contributed by atoms with Crippen molar-refractivity contribution in [1.29, 1.82) is 0 Å². The minimum Gasteiger partial charge on any atom is -0.486 e. The highest BCUT2D eigenvalue weighted by atomic mass is 32.1. The maximum Gasteiger partial charge on any atom is 0.348 e. The number of allylic oxidation sites excluding steroid dienone is 1. The predicted octanol–water partition coefficient (Wildman–Crippen LogP) is 3.17. The Morgan fingerprint density at radius 2 is 2.33 bits per heavy atom. The molecule has 1 aliphatic carbocycles. The Labute approximate surface area is 143 Å². The molecular weight excluding hydrogens is 328 g/mol. The van der Waals surface area contributed by atoms with Crippen molar-refractivity contribution in [2.24, 2.45) is 0 Å². The number of nitrogens with zero attached hydrogens (tertiary/aromatic N) is 1. The molecule has 124 valence electrons. The fourth-order valence-electron chi connectivity index (χ4n) is 2.27. The van der Waals surface area contributed by atoms with Gasteiger partial charge in [-0.15, -0.1) is 11.3 Å². The van der Waals surface area contributed by atoms with Crippen LogP contribution >= 0.6 is 11.3 Å². The Morgan fingerprint density at radius 1 is 1.46 bits per heavy atom. The van der Waals surface area contributed by atoms with E-state index < -0.39 is 0 Å². The van der Waals surface area contributed by atoms with Crippen LogP contribution in [-0.2, 0) is 4.74 Å². The molecule has 0 aliphatic heterocycles. The lowest BCUT2D eigenvalue weighted by molar-refractivity contribution is 0.0606. The molecule has 2 aromatic heterocycles. The summed E-state index contributed by atoms with van der Waals surface area (Å²) in [4.78, 5) is 16.4. The van der Waals surface area contributed by atoms with Gasteiger partial charge in [-0.05, 0) is 24.3 Å². The number of hydrogen-bond acceptors (Lipinski definition) is 7. The first-order chi connectivity index (χ1) is 11.7. The average Bonchev–Trinajstić information content (AvgIpc) is 3.12. The lowest BCUT2D eigenvalue weighted by Gasteiger charge is -2.18. The van der Waals surface area contributed by atoms with Gasteiger partial charge in [-0.3, -0.25) is 15.7 Å². The minimum absolute atomic E-state index is 0.106. The van der Waals surface area contributed by atoms with Crippen LogP contribution in [0.15, 0.2) is 53.7 Å². The Bertz CT molecular complexity index is 797. The second-order valence-electron chi connectivity index (χ2n) is 5.09. The van der Waals surface area contributed by atoms with Gasteiger partial charge in [0.05, 0.1) is 18.5 Å². The van der Waals surface area contributed by atoms with Crippen LogP contribution in [0.3, 0.4) is 0 Å². The van der Waals surface area contributed by atoms with E-state index >= 15 is 0 Å². The third kappa shape index (κ3) is 3.64. The molecule has 1 unspecified atom stereocenters. The van der Waals surface area contributed by atoms with Gasteiger partial charge in [-0.1, -0.05) is 6.08 Å². The molecule has 2 aromatic rings. The number of carbonyl (C=O) groups is 1. The maximum absolute atomic E-state index is 11.5. The van der Waals surface area contributed by atoms with E-state index in [0.29, 0.717) is 22.7 Å². The van der Waals surface area contributed by atoms with Crippen molar-refractivity contribution in [3.8, 4) is 17.0 Å². The molecule has 2 heterocycles. The summed E-state index contributed by atoms with van der Waals surface area (Å²) < 4.78 is 10.6. The summed E-state index contributed by atoms with van der Waals surface area (Å²) in [6, 6.07) is 5.37. The summed E-state index contributed by atoms with van der Waals surface area (Å²) in [5.41, 5.74) is 4.33. The molecule has 6 nitrogen and oxygen atoms in total. The molecule has 0 saturated heterocycles. The molecule has 2 N–H and O–H groups in total. The van der Waals surface area contributed by atoms with Crippen LogP contribution in [0.1, 0.15) is 16.1 Å². The molecule has 24 heavy (non-hydrogen) atoms. The molecule has 0 spiro atoms. The molecular formula is C17H16N2O4S. The summed E-state index contributed by atoms with van der Waals surface area (Å²) in [7, 11) is 1.36. The zero-order valence-electron chi connectivity index (χ0n) is 12.9. The molecule has 0 saturated carbocycles. The van der Waals surface area contributed by atoms with Crippen LogP contribution in [0.2, 0.25) is 0 Å². The summed E-state index contributed by atoms with van der Waals surface area (Å²) in [6.07, 6.45) is 7.71. The number of pyridine rings is 1. The van der Waals surface area contributed by atoms with Crippen molar-refractivity contribution in [1.82, 2.24) is 10.5 Å². The first kappa shape index (κ1) is 16.2. The molecule has 1 aliphatic rings. The first-order valence-electron chi connectivity index (χ1n) is 7.28. The molecule has 0 fully saturated rings. The number of carbonyl (C=O) groups excluding carboxylic acids is 1. The van der Waals surface area contributed by atoms with Crippen LogP contribution in [0.5, 0.6) is 5.75 Å². The first-order valence-corrected chi connectivity index (χ1v) is 8.16. The van der Waals surface area contributed by atoms with E-state index in [1.54, 1.807) is 24.4 Å². The number of esters is 1. The smallest absolute Gasteiger partial charge is 0.348 e. The van der Waals surface area contributed by atoms with Gasteiger partial charge in [-0.2, -0.15) is 0 Å². The quantitative estimate of drug-likeness (QED) is 0.640. The van der Waals surface area contributed by atoms with Crippen molar-refractivity contribution in [2.75, 3.05) is 7.11 Å². The van der Waals surface area contributed by atoms with Gasteiger partial charge in [0.2, 0.25) is 0 Å². The van der Waals surface area contributed by atoms with Crippen LogP contribution in [0.25, 0.3) is 11.3 Å². The number of methoxy groups -OCH3 is 1. The van der Waals surface area contributed by atoms with E-state index in [4.69, 9.17) is 14.7 Å². The van der Waals surface area contributed by atoms with E-state index in [9.17, 15) is 4.79 Å². The number of rotatable bonds is 5. The monoisotopic (exact) mass is 344 g/mol. The second-order valence-corrected chi connectivity index (χ2v) is 6.00. The topological polar surface area (TPSA) is 80.7 Å². The summed E-state index contributed by atoms with van der Waals surface area (Å²) in [6.45, 7) is 0. The average molecular weight is 344 g/mol. The lowest BCUT2D eigenvalue weighted by atomic mass is 10.1. The zero-order valence-corrected chi connectivity index (χ0v) is 13.7. The van der Waals surface area contributed by atoms with Crippen molar-refractivity contribution >= 4 is 17.3 Å². The third-order valence-electron chi connectivity index (χ3n) is 3.49. The molecule has 1 atom stereocenters. The molecule has 7 heteroatoms. The second kappa shape index (κ2) is 7.29. The van der Waals surface area contributed by atoms with E-state index in [1.807, 2.05) is 23.6 Å². The van der Waals surface area contributed by atoms with Gasteiger partial charge >= 0.3 is 5.97 Å². The van der Waals surface area contributed by atoms with Gasteiger partial charge in [0.15, 0.2) is 0 Å².